The van der Waals surface area contributed by atoms with Gasteiger partial charge in [-0.15, -0.1) is 13.2 Å². The number of sulfonamides is 1. The fourth-order valence-electron chi connectivity index (χ4n) is 5.45. The summed E-state index contributed by atoms with van der Waals surface area (Å²) < 4.78 is 72.6. The Kier molecular flexibility index (Phi) is 6.21. The lowest BCUT2D eigenvalue weighted by atomic mass is 10.0. The molecule has 7 nitrogen and oxygen atoms in total. The van der Waals surface area contributed by atoms with Gasteiger partial charge < -0.3 is 9.84 Å². The quantitative estimate of drug-likeness (QED) is 0.270. The van der Waals surface area contributed by atoms with Gasteiger partial charge >= 0.3 is 12.3 Å². The molecule has 4 aromatic rings. The van der Waals surface area contributed by atoms with Crippen LogP contribution in [0.25, 0.3) is 10.8 Å². The van der Waals surface area contributed by atoms with Gasteiger partial charge in [0.15, 0.2) is 0 Å². The molecule has 1 saturated carbocycles. The Labute approximate surface area is 227 Å². The molecule has 0 saturated heterocycles. The first kappa shape index (κ1) is 26.1. The van der Waals surface area contributed by atoms with Crippen molar-refractivity contribution in [1.29, 1.82) is 0 Å². The molecule has 1 aromatic heterocycles. The molecule has 0 radical (unpaired) electrons. The number of fused-ring (bicyclic) bond motifs is 2. The van der Waals surface area contributed by atoms with Crippen molar-refractivity contribution in [1.82, 2.24) is 4.98 Å². The van der Waals surface area contributed by atoms with E-state index in [2.05, 4.69) is 9.72 Å². The van der Waals surface area contributed by atoms with Crippen molar-refractivity contribution in [2.45, 2.75) is 48.9 Å². The smallest absolute Gasteiger partial charge is 0.478 e. The molecule has 1 fully saturated rings. The molecule has 1 heterocycles. The zero-order valence-corrected chi connectivity index (χ0v) is 21.7. The molecule has 0 amide bonds. The van der Waals surface area contributed by atoms with E-state index < -0.39 is 28.4 Å². The molecule has 0 bridgehead atoms. The molecular weight excluding hydrogens is 545 g/mol. The summed E-state index contributed by atoms with van der Waals surface area (Å²) in [6.45, 7) is 0. The number of nitrogens with zero attached hydrogens (tertiary/aromatic N) is 2. The number of aromatic nitrogens is 1. The third kappa shape index (κ3) is 4.74. The van der Waals surface area contributed by atoms with E-state index in [1.54, 1.807) is 6.20 Å². The van der Waals surface area contributed by atoms with Gasteiger partial charge in [0, 0.05) is 17.1 Å². The van der Waals surface area contributed by atoms with Crippen LogP contribution in [0.2, 0.25) is 0 Å². The molecule has 0 aliphatic heterocycles. The molecule has 2 aliphatic carbocycles. The Balaban J connectivity index is 1.53. The van der Waals surface area contributed by atoms with Crippen LogP contribution >= 0.6 is 0 Å². The average Bonchev–Trinajstić information content (AvgIpc) is 3.67. The standard InChI is InChI=1S/C29H23F3N2O5S/c30-29(31,32)39-21-10-13-23-19(15-21)9-14-25(23)34(40(37,38)22-11-7-18(8-12-22)28(35)36)27-26(17-5-6-17)24-4-2-1-3-20(24)16-33-27/h1-4,7-8,10-13,15-17,25H,5-6,9,14H2,(H,35,36). The Morgan fingerprint density at radius 3 is 2.40 bits per heavy atom. The van der Waals surface area contributed by atoms with E-state index in [0.29, 0.717) is 24.0 Å². The minimum Gasteiger partial charge on any atom is -0.478 e. The summed E-state index contributed by atoms with van der Waals surface area (Å²) in [7, 11) is -4.29. The molecule has 1 atom stereocenters. The number of benzene rings is 3. The largest absolute Gasteiger partial charge is 0.573 e. The number of rotatable bonds is 7. The summed E-state index contributed by atoms with van der Waals surface area (Å²) in [5, 5.41) is 11.1. The summed E-state index contributed by atoms with van der Waals surface area (Å²) in [6, 6.07) is 15.8. The minimum atomic E-state index is -4.85. The zero-order chi connectivity index (χ0) is 28.2. The number of aryl methyl sites for hydroxylation is 1. The van der Waals surface area contributed by atoms with E-state index in [1.807, 2.05) is 24.3 Å². The second-order valence-corrected chi connectivity index (χ2v) is 11.8. The lowest BCUT2D eigenvalue weighted by molar-refractivity contribution is -0.274. The molecule has 40 heavy (non-hydrogen) atoms. The molecular formula is C29H23F3N2O5S. The molecule has 2 aliphatic rings. The number of pyridine rings is 1. The highest BCUT2D eigenvalue weighted by Gasteiger charge is 2.42. The Hall–Kier alpha value is -4.12. The van der Waals surface area contributed by atoms with Crippen molar-refractivity contribution in [2.24, 2.45) is 0 Å². The fraction of sp³-hybridized carbons (Fsp3) is 0.241. The van der Waals surface area contributed by atoms with Crippen LogP contribution in [0.5, 0.6) is 5.75 Å². The maximum Gasteiger partial charge on any atom is 0.573 e. The third-order valence-electron chi connectivity index (χ3n) is 7.35. The SMILES string of the molecule is O=C(O)c1ccc(S(=O)(=O)N(c2ncc3ccccc3c2C2CC2)C2CCc3cc(OC(F)(F)F)ccc32)cc1. The highest BCUT2D eigenvalue weighted by molar-refractivity contribution is 7.92. The van der Waals surface area contributed by atoms with Gasteiger partial charge in [-0.2, -0.15) is 0 Å². The van der Waals surface area contributed by atoms with E-state index >= 15 is 0 Å². The summed E-state index contributed by atoms with van der Waals surface area (Å²) in [4.78, 5) is 15.9. The first-order valence-electron chi connectivity index (χ1n) is 12.7. The monoisotopic (exact) mass is 568 g/mol. The maximum absolute atomic E-state index is 14.4. The topological polar surface area (TPSA) is 96.8 Å². The predicted octanol–water partition coefficient (Wildman–Crippen LogP) is 6.59. The van der Waals surface area contributed by atoms with Gasteiger partial charge in [-0.25, -0.2) is 22.5 Å². The number of ether oxygens (including phenoxy) is 1. The predicted molar refractivity (Wildman–Crippen MR) is 141 cm³/mol. The molecule has 3 aromatic carbocycles. The first-order valence-corrected chi connectivity index (χ1v) is 14.1. The second-order valence-electron chi connectivity index (χ2n) is 9.95. The molecule has 6 rings (SSSR count). The first-order chi connectivity index (χ1) is 19.0. The number of alkyl halides is 3. The van der Waals surface area contributed by atoms with Crippen molar-refractivity contribution >= 4 is 32.6 Å². The summed E-state index contributed by atoms with van der Waals surface area (Å²) in [5.41, 5.74) is 1.88. The van der Waals surface area contributed by atoms with E-state index in [4.69, 9.17) is 0 Å². The zero-order valence-electron chi connectivity index (χ0n) is 20.9. The number of hydrogen-bond donors (Lipinski definition) is 1. The highest BCUT2D eigenvalue weighted by atomic mass is 32.2. The third-order valence-corrected chi connectivity index (χ3v) is 9.16. The van der Waals surface area contributed by atoms with Gasteiger partial charge in [0.1, 0.15) is 11.6 Å². The van der Waals surface area contributed by atoms with Crippen LogP contribution in [0.3, 0.4) is 0 Å². The molecule has 1 N–H and O–H groups in total. The van der Waals surface area contributed by atoms with Crippen molar-refractivity contribution in [3.63, 3.8) is 0 Å². The van der Waals surface area contributed by atoms with Crippen molar-refractivity contribution < 1.29 is 36.2 Å². The van der Waals surface area contributed by atoms with Gasteiger partial charge in [-0.05, 0) is 84.5 Å². The van der Waals surface area contributed by atoms with Crippen LogP contribution in [-0.4, -0.2) is 30.8 Å². The number of carbonyl (C=O) groups is 1. The van der Waals surface area contributed by atoms with Crippen molar-refractivity contribution in [2.75, 3.05) is 4.31 Å². The lowest BCUT2D eigenvalue weighted by Crippen LogP contribution is -2.35. The number of aromatic carboxylic acids is 1. The maximum atomic E-state index is 14.4. The molecule has 1 unspecified atom stereocenters. The molecule has 206 valence electrons. The van der Waals surface area contributed by atoms with Crippen LogP contribution in [0.4, 0.5) is 19.0 Å². The Bertz CT molecular complexity index is 1740. The van der Waals surface area contributed by atoms with Crippen molar-refractivity contribution in [3.8, 4) is 5.75 Å². The summed E-state index contributed by atoms with van der Waals surface area (Å²) >= 11 is 0. The lowest BCUT2D eigenvalue weighted by Gasteiger charge is -2.32. The summed E-state index contributed by atoms with van der Waals surface area (Å²) in [6.07, 6.45) is -0.811. The summed E-state index contributed by atoms with van der Waals surface area (Å²) in [5.74, 6) is -1.16. The van der Waals surface area contributed by atoms with E-state index in [-0.39, 0.29) is 27.9 Å². The van der Waals surface area contributed by atoms with E-state index in [0.717, 1.165) is 29.2 Å². The van der Waals surface area contributed by atoms with Gasteiger partial charge in [0.2, 0.25) is 0 Å². The van der Waals surface area contributed by atoms with Crippen LogP contribution in [0, 0.1) is 0 Å². The Morgan fingerprint density at radius 2 is 1.73 bits per heavy atom. The normalized spacial score (nSPS) is 17.0. The average molecular weight is 569 g/mol. The molecule has 0 spiro atoms. The fourth-order valence-corrected chi connectivity index (χ4v) is 7.08. The van der Waals surface area contributed by atoms with Crippen LogP contribution in [-0.2, 0) is 16.4 Å². The number of halogens is 3. The highest BCUT2D eigenvalue weighted by Crippen LogP contribution is 2.50. The number of anilines is 1. The van der Waals surface area contributed by atoms with E-state index in [9.17, 15) is 31.5 Å². The molecule has 11 heteroatoms. The number of hydrogen-bond acceptors (Lipinski definition) is 5. The van der Waals surface area contributed by atoms with Gasteiger partial charge in [0.25, 0.3) is 10.0 Å². The van der Waals surface area contributed by atoms with Gasteiger partial charge in [0.05, 0.1) is 16.5 Å². The Morgan fingerprint density at radius 1 is 1.00 bits per heavy atom. The van der Waals surface area contributed by atoms with Gasteiger partial charge in [-0.3, -0.25) is 0 Å². The van der Waals surface area contributed by atoms with Gasteiger partial charge in [-0.1, -0.05) is 30.3 Å². The minimum absolute atomic E-state index is 0.0589. The van der Waals surface area contributed by atoms with Crippen LogP contribution in [0.1, 0.15) is 58.3 Å². The van der Waals surface area contributed by atoms with Crippen molar-refractivity contribution in [3.05, 3.63) is 95.2 Å². The number of carboxylic acids is 1. The van der Waals surface area contributed by atoms with Crippen LogP contribution < -0.4 is 9.04 Å². The number of carboxylic acid groups (broad SMARTS) is 1. The second kappa shape index (κ2) is 9.51. The van der Waals surface area contributed by atoms with E-state index in [1.165, 1.54) is 46.8 Å². The van der Waals surface area contributed by atoms with Crippen LogP contribution in [0.15, 0.2) is 77.8 Å².